The monoisotopic (exact) mass is 354 g/mol. The van der Waals surface area contributed by atoms with Gasteiger partial charge in [0.15, 0.2) is 0 Å². The SMILES string of the molecule is COc1ccc2ccc(O)c(CN3CCN(CC(F)(F)F)CC3)c2c1. The molecule has 1 fully saturated rings. The Morgan fingerprint density at radius 1 is 1.04 bits per heavy atom. The average molecular weight is 354 g/mol. The molecule has 0 bridgehead atoms. The van der Waals surface area contributed by atoms with Gasteiger partial charge >= 0.3 is 6.18 Å². The number of nitrogens with zero attached hydrogens (tertiary/aromatic N) is 2. The molecule has 2 aromatic carbocycles. The van der Waals surface area contributed by atoms with Gasteiger partial charge in [-0.15, -0.1) is 0 Å². The molecule has 0 aromatic heterocycles. The van der Waals surface area contributed by atoms with Crippen LogP contribution in [0.4, 0.5) is 13.2 Å². The minimum atomic E-state index is -4.16. The molecule has 0 amide bonds. The summed E-state index contributed by atoms with van der Waals surface area (Å²) in [7, 11) is 1.59. The Morgan fingerprint density at radius 3 is 2.32 bits per heavy atom. The zero-order valence-electron chi connectivity index (χ0n) is 14.0. The second-order valence-corrected chi connectivity index (χ2v) is 6.32. The van der Waals surface area contributed by atoms with Crippen LogP contribution in [0.5, 0.6) is 11.5 Å². The predicted octanol–water partition coefficient (Wildman–Crippen LogP) is 3.23. The van der Waals surface area contributed by atoms with Gasteiger partial charge in [-0.25, -0.2) is 0 Å². The van der Waals surface area contributed by atoms with Crippen LogP contribution >= 0.6 is 0 Å². The average Bonchev–Trinajstić information content (AvgIpc) is 2.57. The number of benzene rings is 2. The van der Waals surface area contributed by atoms with Crippen molar-refractivity contribution in [1.82, 2.24) is 9.80 Å². The van der Waals surface area contributed by atoms with E-state index in [0.717, 1.165) is 16.3 Å². The molecule has 1 aliphatic rings. The van der Waals surface area contributed by atoms with Gasteiger partial charge in [0.25, 0.3) is 0 Å². The number of piperazine rings is 1. The van der Waals surface area contributed by atoms with Crippen LogP contribution < -0.4 is 4.74 Å². The summed E-state index contributed by atoms with van der Waals surface area (Å²) in [6, 6.07) is 9.17. The molecule has 7 heteroatoms. The normalized spacial score (nSPS) is 17.1. The largest absolute Gasteiger partial charge is 0.508 e. The van der Waals surface area contributed by atoms with E-state index < -0.39 is 12.7 Å². The number of methoxy groups -OCH3 is 1. The van der Waals surface area contributed by atoms with Crippen LogP contribution in [0.3, 0.4) is 0 Å². The lowest BCUT2D eigenvalue weighted by molar-refractivity contribution is -0.149. The van der Waals surface area contributed by atoms with Crippen LogP contribution in [0.1, 0.15) is 5.56 Å². The summed E-state index contributed by atoms with van der Waals surface area (Å²) < 4.78 is 42.7. The van der Waals surface area contributed by atoms with Gasteiger partial charge in [0.05, 0.1) is 13.7 Å². The molecule has 1 N–H and O–H groups in total. The Balaban J connectivity index is 1.74. The van der Waals surface area contributed by atoms with Gasteiger partial charge in [0.2, 0.25) is 0 Å². The molecule has 136 valence electrons. The molecule has 0 saturated carbocycles. The lowest BCUT2D eigenvalue weighted by Crippen LogP contribution is -2.48. The molecule has 1 aliphatic heterocycles. The molecule has 2 aromatic rings. The minimum absolute atomic E-state index is 0.193. The second kappa shape index (κ2) is 7.09. The molecular weight excluding hydrogens is 333 g/mol. The van der Waals surface area contributed by atoms with E-state index in [2.05, 4.69) is 4.90 Å². The van der Waals surface area contributed by atoms with E-state index in [4.69, 9.17) is 4.74 Å². The van der Waals surface area contributed by atoms with Gasteiger partial charge < -0.3 is 9.84 Å². The summed E-state index contributed by atoms with van der Waals surface area (Å²) in [5.41, 5.74) is 0.778. The number of ether oxygens (including phenoxy) is 1. The van der Waals surface area contributed by atoms with Crippen molar-refractivity contribution in [2.24, 2.45) is 0 Å². The van der Waals surface area contributed by atoms with Crippen molar-refractivity contribution < 1.29 is 23.0 Å². The zero-order chi connectivity index (χ0) is 18.0. The first-order valence-corrected chi connectivity index (χ1v) is 8.16. The van der Waals surface area contributed by atoms with Gasteiger partial charge in [-0.05, 0) is 29.0 Å². The van der Waals surface area contributed by atoms with Gasteiger partial charge in [-0.1, -0.05) is 12.1 Å². The quantitative estimate of drug-likeness (QED) is 0.915. The number of fused-ring (bicyclic) bond motifs is 1. The summed E-state index contributed by atoms with van der Waals surface area (Å²) in [5.74, 6) is 0.896. The van der Waals surface area contributed by atoms with Crippen molar-refractivity contribution in [1.29, 1.82) is 0 Å². The van der Waals surface area contributed by atoms with Crippen molar-refractivity contribution in [3.05, 3.63) is 35.9 Å². The van der Waals surface area contributed by atoms with E-state index in [1.165, 1.54) is 4.90 Å². The number of phenols is 1. The number of phenolic OH excluding ortho intramolecular Hbond substituents is 1. The molecule has 1 saturated heterocycles. The summed E-state index contributed by atoms with van der Waals surface area (Å²) >= 11 is 0. The highest BCUT2D eigenvalue weighted by Crippen LogP contribution is 2.31. The topological polar surface area (TPSA) is 35.9 Å². The highest BCUT2D eigenvalue weighted by atomic mass is 19.4. The van der Waals surface area contributed by atoms with Crippen LogP contribution in [0.2, 0.25) is 0 Å². The van der Waals surface area contributed by atoms with Crippen molar-refractivity contribution in [3.63, 3.8) is 0 Å². The van der Waals surface area contributed by atoms with E-state index in [9.17, 15) is 18.3 Å². The summed E-state index contributed by atoms with van der Waals surface area (Å²) in [5, 5.41) is 12.2. The van der Waals surface area contributed by atoms with E-state index in [1.807, 2.05) is 24.3 Å². The molecular formula is C18H21F3N2O2. The highest BCUT2D eigenvalue weighted by Gasteiger charge is 2.32. The first kappa shape index (κ1) is 17.8. The third-order valence-corrected chi connectivity index (χ3v) is 4.57. The maximum Gasteiger partial charge on any atom is 0.401 e. The Labute approximate surface area is 144 Å². The van der Waals surface area contributed by atoms with Crippen LogP contribution in [-0.2, 0) is 6.54 Å². The number of hydrogen-bond donors (Lipinski definition) is 1. The van der Waals surface area contributed by atoms with Crippen molar-refractivity contribution in [2.45, 2.75) is 12.7 Å². The zero-order valence-corrected chi connectivity index (χ0v) is 14.0. The van der Waals surface area contributed by atoms with Gasteiger partial charge in [-0.3, -0.25) is 9.80 Å². The van der Waals surface area contributed by atoms with Crippen LogP contribution in [0.15, 0.2) is 30.3 Å². The lowest BCUT2D eigenvalue weighted by Gasteiger charge is -2.35. The molecule has 0 radical (unpaired) electrons. The fraction of sp³-hybridized carbons (Fsp3) is 0.444. The number of rotatable bonds is 4. The van der Waals surface area contributed by atoms with E-state index >= 15 is 0 Å². The molecule has 0 spiro atoms. The van der Waals surface area contributed by atoms with Crippen LogP contribution in [0.25, 0.3) is 10.8 Å². The van der Waals surface area contributed by atoms with Crippen LogP contribution in [0, 0.1) is 0 Å². The molecule has 25 heavy (non-hydrogen) atoms. The Morgan fingerprint density at radius 2 is 1.68 bits per heavy atom. The molecule has 0 unspecified atom stereocenters. The van der Waals surface area contributed by atoms with E-state index in [1.54, 1.807) is 13.2 Å². The summed E-state index contributed by atoms with van der Waals surface area (Å²) in [4.78, 5) is 3.49. The fourth-order valence-electron chi connectivity index (χ4n) is 3.23. The standard InChI is InChI=1S/C18H21F3N2O2/c1-25-14-4-2-13-3-5-17(24)16(15(13)10-14)11-22-6-8-23(9-7-22)12-18(19,20)21/h2-5,10,24H,6-9,11-12H2,1H3. The molecule has 3 rings (SSSR count). The maximum atomic E-state index is 12.5. The van der Waals surface area contributed by atoms with Gasteiger partial charge in [0, 0.05) is 38.3 Å². The van der Waals surface area contributed by atoms with Crippen molar-refractivity contribution in [3.8, 4) is 11.5 Å². The first-order chi connectivity index (χ1) is 11.9. The van der Waals surface area contributed by atoms with Crippen molar-refractivity contribution in [2.75, 3.05) is 39.8 Å². The molecule has 1 heterocycles. The van der Waals surface area contributed by atoms with Crippen LogP contribution in [-0.4, -0.2) is 60.9 Å². The number of alkyl halides is 3. The Kier molecular flexibility index (Phi) is 5.06. The Hall–Kier alpha value is -1.99. The second-order valence-electron chi connectivity index (χ2n) is 6.32. The fourth-order valence-corrected chi connectivity index (χ4v) is 3.23. The first-order valence-electron chi connectivity index (χ1n) is 8.16. The molecule has 0 atom stereocenters. The third kappa shape index (κ3) is 4.35. The molecule has 4 nitrogen and oxygen atoms in total. The van der Waals surface area contributed by atoms with E-state index in [0.29, 0.717) is 38.5 Å². The molecule has 0 aliphatic carbocycles. The highest BCUT2D eigenvalue weighted by molar-refractivity contribution is 5.88. The van der Waals surface area contributed by atoms with Gasteiger partial charge in [-0.2, -0.15) is 13.2 Å². The summed E-state index contributed by atoms with van der Waals surface area (Å²) in [6.07, 6.45) is -4.16. The number of hydrogen-bond acceptors (Lipinski definition) is 4. The van der Waals surface area contributed by atoms with Crippen molar-refractivity contribution >= 4 is 10.8 Å². The third-order valence-electron chi connectivity index (χ3n) is 4.57. The summed E-state index contributed by atoms with van der Waals surface area (Å²) in [6.45, 7) is 1.45. The number of halogens is 3. The maximum absolute atomic E-state index is 12.5. The number of aromatic hydroxyl groups is 1. The van der Waals surface area contributed by atoms with Gasteiger partial charge in [0.1, 0.15) is 11.5 Å². The lowest BCUT2D eigenvalue weighted by atomic mass is 10.0. The predicted molar refractivity (Wildman–Crippen MR) is 89.9 cm³/mol. The Bertz CT molecular complexity index is 741. The van der Waals surface area contributed by atoms with E-state index in [-0.39, 0.29) is 5.75 Å². The smallest absolute Gasteiger partial charge is 0.401 e. The minimum Gasteiger partial charge on any atom is -0.508 e.